The number of benzene rings is 2. The maximum absolute atomic E-state index is 13.4. The highest BCUT2D eigenvalue weighted by atomic mass is 19.1. The van der Waals surface area contributed by atoms with Gasteiger partial charge in [0, 0.05) is 30.2 Å². The number of nitrogens with two attached hydrogens (primary N) is 1. The van der Waals surface area contributed by atoms with Gasteiger partial charge in [0.25, 0.3) is 0 Å². The van der Waals surface area contributed by atoms with Crippen molar-refractivity contribution in [1.29, 1.82) is 0 Å². The fourth-order valence-corrected chi connectivity index (χ4v) is 4.22. The molecule has 0 radical (unpaired) electrons. The van der Waals surface area contributed by atoms with Crippen molar-refractivity contribution in [1.82, 2.24) is 4.57 Å². The Balaban J connectivity index is 1.52. The van der Waals surface area contributed by atoms with Crippen LogP contribution in [0.25, 0.3) is 10.9 Å². The molecule has 1 aliphatic carbocycles. The molecule has 0 spiro atoms. The SMILES string of the molecule is Nc1cc2ccc(N3CCc4cc(F)ccc4C3)cc2n1C1CCC1. The monoisotopic (exact) mass is 335 g/mol. The van der Waals surface area contributed by atoms with Gasteiger partial charge in [0.1, 0.15) is 11.6 Å². The Morgan fingerprint density at radius 3 is 2.68 bits per heavy atom. The van der Waals surface area contributed by atoms with Gasteiger partial charge < -0.3 is 15.2 Å². The van der Waals surface area contributed by atoms with E-state index in [0.29, 0.717) is 6.04 Å². The van der Waals surface area contributed by atoms with Crippen LogP contribution in [0.15, 0.2) is 42.5 Å². The molecule has 0 amide bonds. The summed E-state index contributed by atoms with van der Waals surface area (Å²) in [5.41, 5.74) is 11.1. The average Bonchev–Trinajstić information content (AvgIpc) is 2.88. The molecule has 128 valence electrons. The topological polar surface area (TPSA) is 34.2 Å². The number of hydrogen-bond acceptors (Lipinski definition) is 2. The lowest BCUT2D eigenvalue weighted by atomic mass is 9.92. The minimum absolute atomic E-state index is 0.137. The fourth-order valence-electron chi connectivity index (χ4n) is 4.22. The molecule has 3 nitrogen and oxygen atoms in total. The Morgan fingerprint density at radius 1 is 1.00 bits per heavy atom. The first kappa shape index (κ1) is 14.8. The summed E-state index contributed by atoms with van der Waals surface area (Å²) in [6.07, 6.45) is 4.63. The minimum Gasteiger partial charge on any atom is -0.385 e. The third-order valence-corrected chi connectivity index (χ3v) is 5.84. The van der Waals surface area contributed by atoms with Crippen LogP contribution < -0.4 is 10.6 Å². The van der Waals surface area contributed by atoms with Gasteiger partial charge in [-0.1, -0.05) is 12.1 Å². The summed E-state index contributed by atoms with van der Waals surface area (Å²) < 4.78 is 15.7. The average molecular weight is 335 g/mol. The summed E-state index contributed by atoms with van der Waals surface area (Å²) in [7, 11) is 0. The van der Waals surface area contributed by atoms with Crippen LogP contribution in [0.3, 0.4) is 0 Å². The molecular formula is C21H22FN3. The van der Waals surface area contributed by atoms with Gasteiger partial charge in [-0.3, -0.25) is 0 Å². The molecule has 1 saturated carbocycles. The van der Waals surface area contributed by atoms with E-state index >= 15 is 0 Å². The van der Waals surface area contributed by atoms with Crippen LogP contribution in [-0.2, 0) is 13.0 Å². The second-order valence-electron chi connectivity index (χ2n) is 7.35. The predicted octanol–water partition coefficient (Wildman–Crippen LogP) is 4.65. The van der Waals surface area contributed by atoms with Gasteiger partial charge in [-0.15, -0.1) is 0 Å². The van der Waals surface area contributed by atoms with Gasteiger partial charge in [-0.05, 0) is 67.1 Å². The van der Waals surface area contributed by atoms with E-state index in [9.17, 15) is 4.39 Å². The Kier molecular flexibility index (Phi) is 3.27. The quantitative estimate of drug-likeness (QED) is 0.739. The number of nitrogens with zero attached hydrogens (tertiary/aromatic N) is 2. The van der Waals surface area contributed by atoms with Crippen molar-refractivity contribution >= 4 is 22.4 Å². The lowest BCUT2D eigenvalue weighted by Gasteiger charge is -2.32. The van der Waals surface area contributed by atoms with Gasteiger partial charge in [-0.25, -0.2) is 4.39 Å². The largest absolute Gasteiger partial charge is 0.385 e. The molecular weight excluding hydrogens is 313 g/mol. The second kappa shape index (κ2) is 5.51. The molecule has 25 heavy (non-hydrogen) atoms. The van der Waals surface area contributed by atoms with Crippen LogP contribution in [0.1, 0.15) is 36.4 Å². The number of hydrogen-bond donors (Lipinski definition) is 1. The zero-order valence-corrected chi connectivity index (χ0v) is 14.2. The number of halogens is 1. The normalized spacial score (nSPS) is 17.6. The molecule has 2 aromatic carbocycles. The Bertz CT molecular complexity index is 955. The zero-order chi connectivity index (χ0) is 17.0. The molecule has 1 aromatic heterocycles. The molecule has 1 aliphatic heterocycles. The number of anilines is 2. The van der Waals surface area contributed by atoms with Crippen LogP contribution in [0.5, 0.6) is 0 Å². The van der Waals surface area contributed by atoms with E-state index in [1.54, 1.807) is 12.1 Å². The van der Waals surface area contributed by atoms with Crippen molar-refractivity contribution in [3.8, 4) is 0 Å². The molecule has 3 aromatic rings. The van der Waals surface area contributed by atoms with E-state index < -0.39 is 0 Å². The molecule has 2 N–H and O–H groups in total. The van der Waals surface area contributed by atoms with Gasteiger partial charge in [-0.2, -0.15) is 0 Å². The molecule has 2 heterocycles. The van der Waals surface area contributed by atoms with Crippen molar-refractivity contribution in [3.63, 3.8) is 0 Å². The fraction of sp³-hybridized carbons (Fsp3) is 0.333. The number of fused-ring (bicyclic) bond motifs is 2. The molecule has 0 saturated heterocycles. The molecule has 0 unspecified atom stereocenters. The third kappa shape index (κ3) is 2.39. The highest BCUT2D eigenvalue weighted by Crippen LogP contribution is 2.39. The number of nitrogen functional groups attached to an aromatic ring is 1. The van der Waals surface area contributed by atoms with Gasteiger partial charge >= 0.3 is 0 Å². The van der Waals surface area contributed by atoms with Crippen molar-refractivity contribution in [2.75, 3.05) is 17.2 Å². The highest BCUT2D eigenvalue weighted by Gasteiger charge is 2.24. The van der Waals surface area contributed by atoms with Crippen molar-refractivity contribution in [2.45, 2.75) is 38.3 Å². The Hall–Kier alpha value is -2.49. The number of aromatic nitrogens is 1. The molecule has 0 atom stereocenters. The van der Waals surface area contributed by atoms with Crippen LogP contribution in [0.2, 0.25) is 0 Å². The summed E-state index contributed by atoms with van der Waals surface area (Å²) >= 11 is 0. The van der Waals surface area contributed by atoms with Crippen LogP contribution in [0.4, 0.5) is 15.9 Å². The standard InChI is InChI=1S/C21H22FN3/c22-17-6-4-16-13-24(9-8-14(16)10-17)19-7-5-15-11-21(23)25(20(15)12-19)18-2-1-3-18/h4-7,10-12,18H,1-3,8-9,13,23H2. The first-order chi connectivity index (χ1) is 12.2. The van der Waals surface area contributed by atoms with E-state index in [-0.39, 0.29) is 5.82 Å². The Labute approximate surface area is 146 Å². The summed E-state index contributed by atoms with van der Waals surface area (Å²) in [6.45, 7) is 1.75. The summed E-state index contributed by atoms with van der Waals surface area (Å²) in [5, 5.41) is 1.22. The van der Waals surface area contributed by atoms with E-state index in [1.807, 2.05) is 6.07 Å². The van der Waals surface area contributed by atoms with Crippen LogP contribution in [-0.4, -0.2) is 11.1 Å². The first-order valence-electron chi connectivity index (χ1n) is 9.12. The van der Waals surface area contributed by atoms with Crippen LogP contribution >= 0.6 is 0 Å². The molecule has 4 heteroatoms. The summed E-state index contributed by atoms with van der Waals surface area (Å²) in [4.78, 5) is 2.38. The van der Waals surface area contributed by atoms with Gasteiger partial charge in [0.15, 0.2) is 0 Å². The third-order valence-electron chi connectivity index (χ3n) is 5.84. The van der Waals surface area contributed by atoms with Crippen molar-refractivity contribution in [2.24, 2.45) is 0 Å². The Morgan fingerprint density at radius 2 is 1.88 bits per heavy atom. The van der Waals surface area contributed by atoms with Gasteiger partial charge in [0.05, 0.1) is 5.52 Å². The molecule has 2 aliphatic rings. The molecule has 1 fully saturated rings. The van der Waals surface area contributed by atoms with Crippen LogP contribution in [0, 0.1) is 5.82 Å². The maximum Gasteiger partial charge on any atom is 0.123 e. The van der Waals surface area contributed by atoms with E-state index in [2.05, 4.69) is 33.7 Å². The highest BCUT2D eigenvalue weighted by molar-refractivity contribution is 5.87. The van der Waals surface area contributed by atoms with Crippen molar-refractivity contribution in [3.05, 3.63) is 59.4 Å². The minimum atomic E-state index is -0.137. The maximum atomic E-state index is 13.4. The predicted molar refractivity (Wildman–Crippen MR) is 100 cm³/mol. The van der Waals surface area contributed by atoms with E-state index in [0.717, 1.165) is 30.9 Å². The summed E-state index contributed by atoms with van der Waals surface area (Å²) in [6, 6.07) is 14.4. The first-order valence-corrected chi connectivity index (χ1v) is 9.12. The number of rotatable bonds is 2. The molecule has 5 rings (SSSR count). The van der Waals surface area contributed by atoms with E-state index in [4.69, 9.17) is 5.73 Å². The second-order valence-corrected chi connectivity index (χ2v) is 7.35. The van der Waals surface area contributed by atoms with Crippen molar-refractivity contribution < 1.29 is 4.39 Å². The lowest BCUT2D eigenvalue weighted by molar-refractivity contribution is 0.325. The van der Waals surface area contributed by atoms with E-state index in [1.165, 1.54) is 41.4 Å². The summed E-state index contributed by atoms with van der Waals surface area (Å²) in [5.74, 6) is 0.735. The smallest absolute Gasteiger partial charge is 0.123 e. The zero-order valence-electron chi connectivity index (χ0n) is 14.2. The van der Waals surface area contributed by atoms with Gasteiger partial charge in [0.2, 0.25) is 0 Å². The lowest BCUT2D eigenvalue weighted by Crippen LogP contribution is -2.30. The molecule has 0 bridgehead atoms.